The van der Waals surface area contributed by atoms with Crippen LogP contribution in [0.5, 0.6) is 11.5 Å². The van der Waals surface area contributed by atoms with Crippen LogP contribution in [0.15, 0.2) is 71.6 Å². The Morgan fingerprint density at radius 3 is 2.23 bits per heavy atom. The maximum Gasteiger partial charge on any atom is 0.242 e. The summed E-state index contributed by atoms with van der Waals surface area (Å²) in [5.74, 6) is 0.432. The van der Waals surface area contributed by atoms with E-state index in [2.05, 4.69) is 10.0 Å². The highest BCUT2D eigenvalue weighted by Crippen LogP contribution is 2.30. The number of nitrogens with one attached hydrogen (secondary N) is 2. The summed E-state index contributed by atoms with van der Waals surface area (Å²) in [6, 6.07) is 18.4. The Morgan fingerprint density at radius 1 is 0.914 bits per heavy atom. The van der Waals surface area contributed by atoms with Gasteiger partial charge in [-0.3, -0.25) is 4.79 Å². The van der Waals surface area contributed by atoms with E-state index in [0.717, 1.165) is 16.7 Å². The lowest BCUT2D eigenvalue weighted by Gasteiger charge is -2.22. The van der Waals surface area contributed by atoms with Gasteiger partial charge in [0.1, 0.15) is 6.04 Å². The minimum atomic E-state index is -4.06. The molecule has 35 heavy (non-hydrogen) atoms. The van der Waals surface area contributed by atoms with Crippen molar-refractivity contribution in [3.05, 3.63) is 83.4 Å². The summed E-state index contributed by atoms with van der Waals surface area (Å²) < 4.78 is 39.7. The van der Waals surface area contributed by atoms with Gasteiger partial charge in [0.25, 0.3) is 0 Å². The van der Waals surface area contributed by atoms with Crippen molar-refractivity contribution >= 4 is 21.6 Å². The highest BCUT2D eigenvalue weighted by Gasteiger charge is 2.28. The largest absolute Gasteiger partial charge is 0.493 e. The van der Waals surface area contributed by atoms with Gasteiger partial charge in [-0.2, -0.15) is 4.72 Å². The third-order valence-corrected chi connectivity index (χ3v) is 7.21. The molecule has 3 aromatic rings. The van der Waals surface area contributed by atoms with Gasteiger partial charge in [-0.1, -0.05) is 62.4 Å². The second-order valence-corrected chi connectivity index (χ2v) is 10.3. The van der Waals surface area contributed by atoms with Crippen molar-refractivity contribution in [1.82, 2.24) is 4.72 Å². The normalized spacial score (nSPS) is 12.3. The highest BCUT2D eigenvalue weighted by atomic mass is 32.2. The number of sulfonamides is 1. The van der Waals surface area contributed by atoms with E-state index in [-0.39, 0.29) is 23.0 Å². The van der Waals surface area contributed by atoms with Gasteiger partial charge in [-0.05, 0) is 48.1 Å². The summed E-state index contributed by atoms with van der Waals surface area (Å²) in [6.45, 7) is 6.01. The van der Waals surface area contributed by atoms with Crippen molar-refractivity contribution in [3.8, 4) is 11.5 Å². The molecule has 0 aliphatic rings. The Bertz CT molecular complexity index is 1270. The Kier molecular flexibility index (Phi) is 8.53. The molecule has 3 rings (SSSR count). The Balaban J connectivity index is 1.96. The average molecular weight is 497 g/mol. The van der Waals surface area contributed by atoms with Crippen molar-refractivity contribution in [2.75, 3.05) is 19.5 Å². The molecule has 0 bridgehead atoms. The topological polar surface area (TPSA) is 93.7 Å². The summed E-state index contributed by atoms with van der Waals surface area (Å²) in [5.41, 5.74) is 3.43. The Morgan fingerprint density at radius 2 is 1.60 bits per heavy atom. The maximum absolute atomic E-state index is 13.5. The fraction of sp³-hybridized carbons (Fsp3) is 0.296. The average Bonchev–Trinajstić information content (AvgIpc) is 2.84. The summed E-state index contributed by atoms with van der Waals surface area (Å²) in [7, 11) is -1.15. The van der Waals surface area contributed by atoms with Gasteiger partial charge in [0.2, 0.25) is 15.9 Å². The molecule has 1 atom stereocenters. The third kappa shape index (κ3) is 6.41. The van der Waals surface area contributed by atoms with Crippen LogP contribution in [0.4, 0.5) is 5.69 Å². The standard InChI is InChI=1S/C27H32N2O5S/c1-18(2)22-13-9-10-19(3)26(22)28-27(30)23(16-20-11-7-6-8-12-20)29-35(31,32)21-14-15-24(33-4)25(17-21)34-5/h6-15,17-18,23,29H,16H2,1-5H3,(H,28,30)/t23-/m0/s1. The first-order valence-corrected chi connectivity index (χ1v) is 12.8. The number of amides is 1. The highest BCUT2D eigenvalue weighted by molar-refractivity contribution is 7.89. The molecule has 7 nitrogen and oxygen atoms in total. The number of ether oxygens (including phenoxy) is 2. The maximum atomic E-state index is 13.5. The van der Waals surface area contributed by atoms with Crippen molar-refractivity contribution in [3.63, 3.8) is 0 Å². The first-order valence-electron chi connectivity index (χ1n) is 11.3. The van der Waals surface area contributed by atoms with Gasteiger partial charge in [0, 0.05) is 11.8 Å². The predicted molar refractivity (Wildman–Crippen MR) is 138 cm³/mol. The van der Waals surface area contributed by atoms with Crippen molar-refractivity contribution in [2.24, 2.45) is 0 Å². The molecule has 0 radical (unpaired) electrons. The van der Waals surface area contributed by atoms with Crippen molar-refractivity contribution in [2.45, 2.75) is 44.0 Å². The lowest BCUT2D eigenvalue weighted by atomic mass is 9.97. The predicted octanol–water partition coefficient (Wildman–Crippen LogP) is 4.66. The second-order valence-electron chi connectivity index (χ2n) is 8.56. The van der Waals surface area contributed by atoms with Gasteiger partial charge < -0.3 is 14.8 Å². The lowest BCUT2D eigenvalue weighted by Crippen LogP contribution is -2.45. The van der Waals surface area contributed by atoms with E-state index in [4.69, 9.17) is 9.47 Å². The van der Waals surface area contributed by atoms with Crippen LogP contribution in [0.2, 0.25) is 0 Å². The SMILES string of the molecule is COc1ccc(S(=O)(=O)N[C@@H](Cc2ccccc2)C(=O)Nc2c(C)cccc2C(C)C)cc1OC. The summed E-state index contributed by atoms with van der Waals surface area (Å²) in [4.78, 5) is 13.5. The van der Waals surface area contributed by atoms with E-state index in [9.17, 15) is 13.2 Å². The summed E-state index contributed by atoms with van der Waals surface area (Å²) in [5, 5.41) is 2.98. The zero-order valence-corrected chi connectivity index (χ0v) is 21.5. The van der Waals surface area contributed by atoms with Crippen molar-refractivity contribution in [1.29, 1.82) is 0 Å². The number of hydrogen-bond acceptors (Lipinski definition) is 5. The summed E-state index contributed by atoms with van der Waals surface area (Å²) in [6.07, 6.45) is 0.183. The van der Waals surface area contributed by atoms with E-state index in [1.807, 2.05) is 69.3 Å². The first-order chi connectivity index (χ1) is 16.7. The number of rotatable bonds is 10. The number of carbonyl (C=O) groups excluding carboxylic acids is 1. The molecule has 0 fully saturated rings. The molecular weight excluding hydrogens is 464 g/mol. The van der Waals surface area contributed by atoms with Gasteiger partial charge in [-0.25, -0.2) is 8.42 Å². The molecule has 8 heteroatoms. The minimum Gasteiger partial charge on any atom is -0.493 e. The molecule has 0 aliphatic heterocycles. The van der Waals surface area contributed by atoms with Crippen LogP contribution in [-0.2, 0) is 21.2 Å². The van der Waals surface area contributed by atoms with Gasteiger partial charge in [0.15, 0.2) is 11.5 Å². The van der Waals surface area contributed by atoms with Crippen LogP contribution >= 0.6 is 0 Å². The number of aryl methyl sites for hydroxylation is 1. The first kappa shape index (κ1) is 26.2. The molecule has 0 unspecified atom stereocenters. The van der Waals surface area contributed by atoms with Crippen LogP contribution in [0.1, 0.15) is 36.5 Å². The number of anilines is 1. The molecule has 0 spiro atoms. The van der Waals surface area contributed by atoms with Crippen LogP contribution in [0, 0.1) is 6.92 Å². The van der Waals surface area contributed by atoms with Crippen LogP contribution in [0.3, 0.4) is 0 Å². The van der Waals surface area contributed by atoms with E-state index < -0.39 is 22.0 Å². The molecule has 186 valence electrons. The third-order valence-electron chi connectivity index (χ3n) is 5.74. The number of para-hydroxylation sites is 1. The molecular formula is C27H32N2O5S. The smallest absolute Gasteiger partial charge is 0.242 e. The van der Waals surface area contributed by atoms with Crippen LogP contribution in [-0.4, -0.2) is 34.6 Å². The van der Waals surface area contributed by atoms with Crippen LogP contribution < -0.4 is 19.5 Å². The van der Waals surface area contributed by atoms with Crippen molar-refractivity contribution < 1.29 is 22.7 Å². The van der Waals surface area contributed by atoms with E-state index in [0.29, 0.717) is 11.4 Å². The Labute approximate surface area is 207 Å². The lowest BCUT2D eigenvalue weighted by molar-refractivity contribution is -0.117. The van der Waals surface area contributed by atoms with Crippen LogP contribution in [0.25, 0.3) is 0 Å². The molecule has 0 aliphatic carbocycles. The number of carbonyl (C=O) groups is 1. The van der Waals surface area contributed by atoms with E-state index in [1.165, 1.54) is 32.4 Å². The fourth-order valence-electron chi connectivity index (χ4n) is 3.83. The zero-order valence-electron chi connectivity index (χ0n) is 20.7. The number of methoxy groups -OCH3 is 2. The van der Waals surface area contributed by atoms with Gasteiger partial charge in [0.05, 0.1) is 19.1 Å². The monoisotopic (exact) mass is 496 g/mol. The molecule has 1 amide bonds. The fourth-order valence-corrected chi connectivity index (χ4v) is 5.04. The molecule has 3 aromatic carbocycles. The zero-order chi connectivity index (χ0) is 25.6. The van der Waals surface area contributed by atoms with Gasteiger partial charge in [-0.15, -0.1) is 0 Å². The van der Waals surface area contributed by atoms with Gasteiger partial charge >= 0.3 is 0 Å². The number of hydrogen-bond donors (Lipinski definition) is 2. The summed E-state index contributed by atoms with van der Waals surface area (Å²) >= 11 is 0. The molecule has 0 heterocycles. The molecule has 0 aromatic heterocycles. The quantitative estimate of drug-likeness (QED) is 0.426. The molecule has 2 N–H and O–H groups in total. The Hall–Kier alpha value is -3.36. The van der Waals surface area contributed by atoms with E-state index in [1.54, 1.807) is 0 Å². The molecule has 0 saturated heterocycles. The number of benzene rings is 3. The molecule has 0 saturated carbocycles. The van der Waals surface area contributed by atoms with E-state index >= 15 is 0 Å². The minimum absolute atomic E-state index is 0.0280. The second kappa shape index (κ2) is 11.4.